The maximum absolute atomic E-state index is 13.7. The number of aromatic hydroxyl groups is 1. The lowest BCUT2D eigenvalue weighted by Crippen LogP contribution is -2.45. The molecule has 0 atom stereocenters. The highest BCUT2D eigenvalue weighted by Gasteiger charge is 2.38. The molecule has 6 aromatic rings. The van der Waals surface area contributed by atoms with E-state index >= 15 is 0 Å². The average molecular weight is 1370 g/mol. The van der Waals surface area contributed by atoms with Crippen molar-refractivity contribution in [3.63, 3.8) is 0 Å². The minimum absolute atomic E-state index is 0.00580. The van der Waals surface area contributed by atoms with E-state index in [2.05, 4.69) is 26.1 Å². The Labute approximate surface area is 544 Å². The Morgan fingerprint density at radius 2 is 0.903 bits per heavy atom. The van der Waals surface area contributed by atoms with E-state index in [0.717, 1.165) is 32.6 Å². The Hall–Kier alpha value is -8.62. The number of anilines is 2. The molecule has 0 saturated carbocycles. The summed E-state index contributed by atoms with van der Waals surface area (Å²) in [6, 6.07) is 28.2. The summed E-state index contributed by atoms with van der Waals surface area (Å²) < 4.78 is 109. The number of nitrogens with zero attached hydrogens (tertiary/aromatic N) is 8. The molecular formula is C66H79BrF6N8O12. The molecule has 4 aromatic carbocycles. The lowest BCUT2D eigenvalue weighted by molar-refractivity contribution is -0.156. The van der Waals surface area contributed by atoms with Gasteiger partial charge in [0.15, 0.2) is 0 Å². The van der Waals surface area contributed by atoms with Gasteiger partial charge >= 0.3 is 36.5 Å². The van der Waals surface area contributed by atoms with Gasteiger partial charge in [-0.15, -0.1) is 0 Å². The van der Waals surface area contributed by atoms with Crippen LogP contribution in [-0.2, 0) is 75.3 Å². The first-order valence-electron chi connectivity index (χ1n) is 29.7. The Morgan fingerprint density at radius 1 is 0.516 bits per heavy atom. The number of alkyl halides is 7. The van der Waals surface area contributed by atoms with E-state index in [1.54, 1.807) is 172 Å². The van der Waals surface area contributed by atoms with Gasteiger partial charge in [-0.3, -0.25) is 29.0 Å². The van der Waals surface area contributed by atoms with Crippen LogP contribution >= 0.6 is 15.9 Å². The summed E-state index contributed by atoms with van der Waals surface area (Å²) in [5.41, 5.74) is -0.406. The standard InChI is InChI=1S/C33H39F3N4O6.C22H32N2O6.C11H8BrF3N2/c1-31(2,3)45-29(42)15-16-38(30(43)46-32(4,5)6)20-28(41)39-17-14-22-18-25(12-13-26(22)39)44-21-23-19-27(33(34,35)36)40(37-23)24-10-8-7-9-11-24;1-21(2,3)29-19(27)10-11-23(20(28)30-22(4,5)6)14-18(26)24-12-9-15-13-16(25)7-8-17(15)24;12-7-8-6-10(11(13,14)15)17(16-8)9-4-2-1-3-5-9/h7-13,18-19H,14-17,20-21H2,1-6H3;7-8,13,25H,9-12,14H2,1-6H3;1-6H,7H2. The van der Waals surface area contributed by atoms with E-state index in [4.69, 9.17) is 23.7 Å². The number of para-hydroxylation sites is 2. The zero-order chi connectivity index (χ0) is 69.0. The highest BCUT2D eigenvalue weighted by molar-refractivity contribution is 9.08. The van der Waals surface area contributed by atoms with Crippen molar-refractivity contribution in [3.8, 4) is 22.9 Å². The lowest BCUT2D eigenvalue weighted by atomic mass is 10.1. The maximum Gasteiger partial charge on any atom is 0.433 e. The number of halogens is 7. The molecule has 4 heterocycles. The molecule has 93 heavy (non-hydrogen) atoms. The van der Waals surface area contributed by atoms with E-state index < -0.39 is 70.3 Å². The van der Waals surface area contributed by atoms with Crippen LogP contribution in [0.25, 0.3) is 11.4 Å². The van der Waals surface area contributed by atoms with Gasteiger partial charge in [-0.1, -0.05) is 52.3 Å². The number of phenolic OH excluding ortho intramolecular Hbond substituents is 1. The van der Waals surface area contributed by atoms with Gasteiger partial charge in [0.2, 0.25) is 11.8 Å². The first-order chi connectivity index (χ1) is 43.2. The minimum atomic E-state index is -4.61. The van der Waals surface area contributed by atoms with Crippen LogP contribution in [-0.4, -0.2) is 132 Å². The van der Waals surface area contributed by atoms with Crippen molar-refractivity contribution >= 4 is 63.2 Å². The average Bonchev–Trinajstić information content (AvgIpc) is 1.70. The summed E-state index contributed by atoms with van der Waals surface area (Å²) >= 11 is 3.10. The van der Waals surface area contributed by atoms with Gasteiger partial charge in [0.05, 0.1) is 29.9 Å². The van der Waals surface area contributed by atoms with Gasteiger partial charge in [-0.2, -0.15) is 36.5 Å². The molecule has 27 heteroatoms. The molecule has 504 valence electrons. The van der Waals surface area contributed by atoms with Crippen molar-refractivity contribution in [1.29, 1.82) is 0 Å². The fraction of sp³-hybridized carbons (Fsp3) is 0.455. The molecule has 0 saturated heterocycles. The van der Waals surface area contributed by atoms with E-state index in [0.29, 0.717) is 54.4 Å². The predicted molar refractivity (Wildman–Crippen MR) is 337 cm³/mol. The second kappa shape index (κ2) is 30.4. The van der Waals surface area contributed by atoms with Crippen LogP contribution in [0.5, 0.6) is 11.5 Å². The highest BCUT2D eigenvalue weighted by atomic mass is 79.9. The van der Waals surface area contributed by atoms with E-state index in [-0.39, 0.29) is 79.9 Å². The SMILES string of the molecule is CC(C)(C)OC(=O)CCN(CC(=O)N1CCc2cc(O)ccc21)C(=O)OC(C)(C)C.CC(C)(C)OC(=O)CCN(CC(=O)N1CCc2cc(OCc3cc(C(F)(F)F)n(-c4ccccc4)n3)ccc21)C(=O)OC(C)(C)C.FC(F)(F)c1cc(CBr)nn1-c1ccccc1. The molecule has 4 amide bonds. The van der Waals surface area contributed by atoms with E-state index in [1.807, 2.05) is 0 Å². The van der Waals surface area contributed by atoms with Gasteiger partial charge in [-0.05, 0) is 180 Å². The number of ether oxygens (including phenoxy) is 5. The number of esters is 2. The number of fused-ring (bicyclic) bond motifs is 2. The fourth-order valence-corrected chi connectivity index (χ4v) is 9.60. The first kappa shape index (κ1) is 73.4. The number of rotatable bonds is 16. The molecule has 2 aromatic heterocycles. The number of hydrogen-bond acceptors (Lipinski definition) is 14. The molecular weight excluding hydrogens is 1290 g/mol. The molecule has 0 bridgehead atoms. The minimum Gasteiger partial charge on any atom is -0.508 e. The lowest BCUT2D eigenvalue weighted by Gasteiger charge is -2.29. The van der Waals surface area contributed by atoms with E-state index in [1.165, 1.54) is 28.0 Å². The Morgan fingerprint density at radius 3 is 1.30 bits per heavy atom. The third-order valence-corrected chi connectivity index (χ3v) is 13.7. The predicted octanol–water partition coefficient (Wildman–Crippen LogP) is 13.4. The normalized spacial score (nSPS) is 13.1. The van der Waals surface area contributed by atoms with Gasteiger partial charge in [0.1, 0.15) is 70.7 Å². The van der Waals surface area contributed by atoms with Gasteiger partial charge < -0.3 is 38.6 Å². The van der Waals surface area contributed by atoms with Crippen molar-refractivity contribution in [2.45, 2.75) is 155 Å². The number of amides is 4. The van der Waals surface area contributed by atoms with Crippen LogP contribution in [0.1, 0.15) is 130 Å². The second-order valence-corrected chi connectivity index (χ2v) is 26.2. The summed E-state index contributed by atoms with van der Waals surface area (Å²) in [4.78, 5) is 81.9. The Balaban J connectivity index is 0.000000248. The van der Waals surface area contributed by atoms with Crippen molar-refractivity contribution in [2.75, 3.05) is 49.1 Å². The second-order valence-electron chi connectivity index (χ2n) is 25.6. The van der Waals surface area contributed by atoms with Crippen molar-refractivity contribution in [2.24, 2.45) is 0 Å². The van der Waals surface area contributed by atoms with Crippen LogP contribution in [0.3, 0.4) is 0 Å². The van der Waals surface area contributed by atoms with Crippen molar-refractivity contribution in [1.82, 2.24) is 29.4 Å². The molecule has 0 fully saturated rings. The molecule has 0 unspecified atom stereocenters. The number of benzene rings is 4. The highest BCUT2D eigenvalue weighted by Crippen LogP contribution is 2.36. The zero-order valence-electron chi connectivity index (χ0n) is 54.0. The molecule has 20 nitrogen and oxygen atoms in total. The Kier molecular flexibility index (Phi) is 24.0. The summed E-state index contributed by atoms with van der Waals surface area (Å²) in [6.07, 6.45) is -9.45. The third kappa shape index (κ3) is 22.6. The fourth-order valence-electron chi connectivity index (χ4n) is 9.32. The smallest absolute Gasteiger partial charge is 0.433 e. The summed E-state index contributed by atoms with van der Waals surface area (Å²) in [7, 11) is 0. The van der Waals surface area contributed by atoms with Crippen molar-refractivity contribution in [3.05, 3.63) is 143 Å². The largest absolute Gasteiger partial charge is 0.508 e. The molecule has 2 aliphatic rings. The molecule has 0 spiro atoms. The molecule has 2 aliphatic heterocycles. The molecule has 1 N–H and O–H groups in total. The van der Waals surface area contributed by atoms with Crippen LogP contribution in [0.2, 0.25) is 0 Å². The summed E-state index contributed by atoms with van der Waals surface area (Å²) in [5.74, 6) is -1.05. The van der Waals surface area contributed by atoms with Gasteiger partial charge in [0.25, 0.3) is 0 Å². The summed E-state index contributed by atoms with van der Waals surface area (Å²) in [6.45, 7) is 20.9. The molecule has 0 aliphatic carbocycles. The van der Waals surface area contributed by atoms with Crippen LogP contribution in [0.15, 0.2) is 109 Å². The zero-order valence-corrected chi connectivity index (χ0v) is 55.6. The number of carbonyl (C=O) groups excluding carboxylic acids is 6. The number of aromatic nitrogens is 4. The monoisotopic (exact) mass is 1370 g/mol. The van der Waals surface area contributed by atoms with E-state index in [9.17, 15) is 60.2 Å². The molecule has 8 rings (SSSR count). The van der Waals surface area contributed by atoms with Crippen LogP contribution in [0, 0.1) is 0 Å². The van der Waals surface area contributed by atoms with Crippen molar-refractivity contribution < 1.29 is 83.9 Å². The van der Waals surface area contributed by atoms with Crippen LogP contribution < -0.4 is 14.5 Å². The third-order valence-electron chi connectivity index (χ3n) is 13.1. The number of phenols is 1. The quantitative estimate of drug-likeness (QED) is 0.0413. The van der Waals surface area contributed by atoms with Gasteiger partial charge in [0, 0.05) is 42.9 Å². The Bertz CT molecular complexity index is 3570. The van der Waals surface area contributed by atoms with Gasteiger partial charge in [-0.25, -0.2) is 19.0 Å². The first-order valence-corrected chi connectivity index (χ1v) is 30.9. The molecule has 0 radical (unpaired) electrons. The summed E-state index contributed by atoms with van der Waals surface area (Å²) in [5, 5.41) is 18.0. The number of hydrogen-bond donors (Lipinski definition) is 1. The number of carbonyl (C=O) groups is 6. The maximum atomic E-state index is 13.7. The van der Waals surface area contributed by atoms with Crippen LogP contribution in [0.4, 0.5) is 47.3 Å². The topological polar surface area (TPSA) is 217 Å².